The van der Waals surface area contributed by atoms with Gasteiger partial charge in [0, 0.05) is 5.92 Å². The lowest BCUT2D eigenvalue weighted by atomic mass is 10.2. The minimum Gasteiger partial charge on any atom is -0.210 e. The van der Waals surface area contributed by atoms with Crippen LogP contribution in [0.25, 0.3) is 0 Å². The van der Waals surface area contributed by atoms with Crippen LogP contribution in [0, 0.1) is 5.92 Å². The van der Waals surface area contributed by atoms with Gasteiger partial charge in [-0.1, -0.05) is 25.4 Å². The highest BCUT2D eigenvalue weighted by Gasteiger charge is 2.36. The van der Waals surface area contributed by atoms with E-state index < -0.39 is 23.0 Å². The predicted molar refractivity (Wildman–Crippen MR) is 34.9 cm³/mol. The third-order valence-corrected chi connectivity index (χ3v) is 1.36. The Morgan fingerprint density at radius 2 is 1.64 bits per heavy atom. The molecule has 0 bridgehead atoms. The van der Waals surface area contributed by atoms with Gasteiger partial charge in [-0.2, -0.15) is 13.2 Å². The smallest absolute Gasteiger partial charge is 0.210 e. The normalized spacial score (nSPS) is 15.3. The molecule has 0 heterocycles. The van der Waals surface area contributed by atoms with Crippen molar-refractivity contribution >= 4 is 11.6 Å². The first kappa shape index (κ1) is 10.8. The molecule has 0 amide bonds. The summed E-state index contributed by atoms with van der Waals surface area (Å²) in [4.78, 5) is 0. The van der Waals surface area contributed by atoms with Gasteiger partial charge in [0.2, 0.25) is 0 Å². The zero-order valence-electron chi connectivity index (χ0n) is 5.97. The van der Waals surface area contributed by atoms with Crippen LogP contribution in [0.2, 0.25) is 0 Å². The Morgan fingerprint density at radius 3 is 1.73 bits per heavy atom. The van der Waals surface area contributed by atoms with Crippen LogP contribution in [0.15, 0.2) is 10.9 Å². The van der Waals surface area contributed by atoms with E-state index in [0.717, 1.165) is 0 Å². The van der Waals surface area contributed by atoms with E-state index in [-0.39, 0.29) is 0 Å². The zero-order valence-corrected chi connectivity index (χ0v) is 6.72. The fraction of sp³-hybridized carbons (Fsp3) is 0.667. The monoisotopic (exact) mass is 190 g/mol. The quantitative estimate of drug-likeness (QED) is 0.554. The maximum Gasteiger partial charge on any atom is 0.429 e. The van der Waals surface area contributed by atoms with Crippen molar-refractivity contribution in [3.8, 4) is 0 Å². The molecule has 5 heteroatoms. The van der Waals surface area contributed by atoms with Crippen LogP contribution in [-0.4, -0.2) is 6.18 Å². The van der Waals surface area contributed by atoms with Crippen LogP contribution in [0.3, 0.4) is 0 Å². The van der Waals surface area contributed by atoms with Crippen molar-refractivity contribution in [2.75, 3.05) is 0 Å². The topological polar surface area (TPSA) is 0 Å². The number of alkyl halides is 3. The number of allylic oxidation sites excluding steroid dienone is 2. The van der Waals surface area contributed by atoms with E-state index >= 15 is 0 Å². The largest absolute Gasteiger partial charge is 0.429 e. The Hall–Kier alpha value is -0.250. The Morgan fingerprint density at radius 1 is 1.27 bits per heavy atom. The van der Waals surface area contributed by atoms with Crippen LogP contribution in [-0.2, 0) is 0 Å². The van der Waals surface area contributed by atoms with Crippen LogP contribution in [0.4, 0.5) is 17.6 Å². The molecule has 0 nitrogen and oxygen atoms in total. The lowest BCUT2D eigenvalue weighted by Crippen LogP contribution is -2.10. The molecule has 0 unspecified atom stereocenters. The van der Waals surface area contributed by atoms with E-state index in [1.165, 1.54) is 13.8 Å². The van der Waals surface area contributed by atoms with Crippen LogP contribution < -0.4 is 0 Å². The second kappa shape index (κ2) is 3.43. The number of hydrogen-bond acceptors (Lipinski definition) is 0. The molecule has 0 aromatic rings. The SMILES string of the molecule is CC(C)/C(F)=C(/Cl)C(F)(F)F. The van der Waals surface area contributed by atoms with Gasteiger partial charge in [-0.25, -0.2) is 4.39 Å². The standard InChI is InChI=1S/C6H7ClF4/c1-3(2)4(8)5(7)6(9,10)11/h3H,1-2H3/b5-4-. The molecule has 0 aliphatic carbocycles. The Bertz CT molecular complexity index is 168. The Labute approximate surface area is 66.8 Å². The molecule has 0 rings (SSSR count). The number of rotatable bonds is 1. The maximum atomic E-state index is 12.4. The molecule has 0 radical (unpaired) electrons. The van der Waals surface area contributed by atoms with Crippen molar-refractivity contribution in [3.63, 3.8) is 0 Å². The summed E-state index contributed by atoms with van der Waals surface area (Å²) < 4.78 is 47.3. The van der Waals surface area contributed by atoms with Crippen LogP contribution in [0.5, 0.6) is 0 Å². The van der Waals surface area contributed by atoms with Gasteiger partial charge in [0.25, 0.3) is 0 Å². The van der Waals surface area contributed by atoms with Gasteiger partial charge < -0.3 is 0 Å². The van der Waals surface area contributed by atoms with E-state index in [4.69, 9.17) is 0 Å². The predicted octanol–water partition coefficient (Wildman–Crippen LogP) is 3.62. The highest BCUT2D eigenvalue weighted by Crippen LogP contribution is 2.34. The van der Waals surface area contributed by atoms with E-state index in [1.54, 1.807) is 0 Å². The summed E-state index contributed by atoms with van der Waals surface area (Å²) in [6.45, 7) is 2.59. The van der Waals surface area contributed by atoms with Gasteiger partial charge in [-0.3, -0.25) is 0 Å². The van der Waals surface area contributed by atoms with E-state index in [1.807, 2.05) is 0 Å². The van der Waals surface area contributed by atoms with Gasteiger partial charge in [0.15, 0.2) is 5.03 Å². The fourth-order valence-corrected chi connectivity index (χ4v) is 0.607. The molecule has 11 heavy (non-hydrogen) atoms. The lowest BCUT2D eigenvalue weighted by molar-refractivity contribution is -0.0867. The molecule has 0 aromatic heterocycles. The minimum atomic E-state index is -4.77. The third-order valence-electron chi connectivity index (χ3n) is 0.965. The average Bonchev–Trinajstić information content (AvgIpc) is 1.82. The molecule has 0 aromatic carbocycles. The summed E-state index contributed by atoms with van der Waals surface area (Å²) in [7, 11) is 0. The summed E-state index contributed by atoms with van der Waals surface area (Å²) in [5.41, 5.74) is 0. The molecular weight excluding hydrogens is 184 g/mol. The summed E-state index contributed by atoms with van der Waals surface area (Å²) in [6.07, 6.45) is -4.77. The average molecular weight is 191 g/mol. The Kier molecular flexibility index (Phi) is 3.35. The molecule has 0 aliphatic rings. The van der Waals surface area contributed by atoms with E-state index in [9.17, 15) is 17.6 Å². The van der Waals surface area contributed by atoms with Crippen molar-refractivity contribution in [2.45, 2.75) is 20.0 Å². The summed E-state index contributed by atoms with van der Waals surface area (Å²) in [5, 5.41) is -1.66. The highest BCUT2D eigenvalue weighted by molar-refractivity contribution is 6.30. The van der Waals surface area contributed by atoms with Gasteiger partial charge in [0.1, 0.15) is 5.83 Å². The first-order valence-electron chi connectivity index (χ1n) is 2.89. The molecule has 0 aliphatic heterocycles. The number of halogens is 5. The van der Waals surface area contributed by atoms with Crippen molar-refractivity contribution in [2.24, 2.45) is 5.92 Å². The lowest BCUT2D eigenvalue weighted by Gasteiger charge is -2.08. The van der Waals surface area contributed by atoms with Crippen LogP contribution >= 0.6 is 11.6 Å². The van der Waals surface area contributed by atoms with Gasteiger partial charge in [0.05, 0.1) is 0 Å². The summed E-state index contributed by atoms with van der Waals surface area (Å²) in [5.74, 6) is -2.15. The van der Waals surface area contributed by atoms with Gasteiger partial charge in [-0.15, -0.1) is 0 Å². The maximum absolute atomic E-state index is 12.4. The van der Waals surface area contributed by atoms with E-state index in [0.29, 0.717) is 0 Å². The van der Waals surface area contributed by atoms with E-state index in [2.05, 4.69) is 11.6 Å². The summed E-state index contributed by atoms with van der Waals surface area (Å²) >= 11 is 4.68. The van der Waals surface area contributed by atoms with Crippen molar-refractivity contribution in [1.29, 1.82) is 0 Å². The van der Waals surface area contributed by atoms with Crippen molar-refractivity contribution in [1.82, 2.24) is 0 Å². The molecule has 66 valence electrons. The molecule has 0 spiro atoms. The first-order valence-corrected chi connectivity index (χ1v) is 3.27. The molecule has 0 fully saturated rings. The highest BCUT2D eigenvalue weighted by atomic mass is 35.5. The fourth-order valence-electron chi connectivity index (χ4n) is 0.389. The second-order valence-electron chi connectivity index (χ2n) is 2.31. The molecule has 0 saturated carbocycles. The summed E-state index contributed by atoms with van der Waals surface area (Å²) in [6, 6.07) is 0. The molecule has 0 atom stereocenters. The van der Waals surface area contributed by atoms with Gasteiger partial charge in [-0.05, 0) is 0 Å². The number of hydrogen-bond donors (Lipinski definition) is 0. The first-order chi connectivity index (χ1) is 4.76. The Balaban J connectivity index is 4.67. The van der Waals surface area contributed by atoms with Crippen molar-refractivity contribution < 1.29 is 17.6 Å². The van der Waals surface area contributed by atoms with Crippen LogP contribution in [0.1, 0.15) is 13.8 Å². The second-order valence-corrected chi connectivity index (χ2v) is 2.69. The molecule has 0 N–H and O–H groups in total. The third kappa shape index (κ3) is 3.10. The molecule has 0 saturated heterocycles. The van der Waals surface area contributed by atoms with Crippen molar-refractivity contribution in [3.05, 3.63) is 10.9 Å². The molecular formula is C6H7ClF4. The van der Waals surface area contributed by atoms with Gasteiger partial charge >= 0.3 is 6.18 Å². The minimum absolute atomic E-state index is 0.830. The zero-order chi connectivity index (χ0) is 9.23.